The lowest BCUT2D eigenvalue weighted by Gasteiger charge is -2.14. The van der Waals surface area contributed by atoms with Gasteiger partial charge in [0.05, 0.1) is 19.1 Å². The molecule has 0 bridgehead atoms. The summed E-state index contributed by atoms with van der Waals surface area (Å²) in [6.45, 7) is 3.95. The topological polar surface area (TPSA) is 55.4 Å². The second-order valence-electron chi connectivity index (χ2n) is 4.15. The van der Waals surface area contributed by atoms with Crippen molar-refractivity contribution in [1.82, 2.24) is 5.32 Å². The Hall–Kier alpha value is -1.55. The van der Waals surface area contributed by atoms with E-state index in [4.69, 9.17) is 16.3 Å². The van der Waals surface area contributed by atoms with Crippen LogP contribution in [0, 0.1) is 0 Å². The Kier molecular flexibility index (Phi) is 6.36. The van der Waals surface area contributed by atoms with Crippen molar-refractivity contribution < 1.29 is 14.3 Å². The van der Waals surface area contributed by atoms with E-state index in [0.717, 1.165) is 5.56 Å². The Labute approximate surface area is 118 Å². The number of carbonyl (C=O) groups excluding carboxylic acids is 2. The lowest BCUT2D eigenvalue weighted by atomic mass is 10.1. The Bertz CT molecular complexity index is 431. The molecule has 1 aromatic carbocycles. The molecule has 0 aromatic heterocycles. The summed E-state index contributed by atoms with van der Waals surface area (Å²) in [6.07, 6.45) is 0.240. The van der Waals surface area contributed by atoms with E-state index < -0.39 is 0 Å². The van der Waals surface area contributed by atoms with E-state index in [1.165, 1.54) is 0 Å². The van der Waals surface area contributed by atoms with Crippen molar-refractivity contribution in [3.8, 4) is 0 Å². The SMILES string of the molecule is CCOC(=O)CCC(=O)NC(C)c1ccc(Cl)cc1. The molecule has 0 fully saturated rings. The summed E-state index contributed by atoms with van der Waals surface area (Å²) in [5.74, 6) is -0.521. The van der Waals surface area contributed by atoms with Crippen LogP contribution in [0.15, 0.2) is 24.3 Å². The van der Waals surface area contributed by atoms with E-state index in [-0.39, 0.29) is 30.8 Å². The second-order valence-corrected chi connectivity index (χ2v) is 4.58. The van der Waals surface area contributed by atoms with Crippen molar-refractivity contribution in [2.75, 3.05) is 6.61 Å². The van der Waals surface area contributed by atoms with Crippen molar-refractivity contribution >= 4 is 23.5 Å². The number of halogens is 1. The van der Waals surface area contributed by atoms with E-state index in [9.17, 15) is 9.59 Å². The smallest absolute Gasteiger partial charge is 0.306 e. The van der Waals surface area contributed by atoms with Crippen LogP contribution in [0.1, 0.15) is 38.3 Å². The molecule has 0 saturated heterocycles. The molecule has 1 amide bonds. The standard InChI is InChI=1S/C14H18ClNO3/c1-3-19-14(18)9-8-13(17)16-10(2)11-4-6-12(15)7-5-11/h4-7,10H,3,8-9H2,1-2H3,(H,16,17). The number of amides is 1. The van der Waals surface area contributed by atoms with Gasteiger partial charge in [-0.05, 0) is 31.5 Å². The van der Waals surface area contributed by atoms with Crippen LogP contribution in [0.4, 0.5) is 0 Å². The lowest BCUT2D eigenvalue weighted by molar-refractivity contribution is -0.144. The third-order valence-corrected chi connectivity index (χ3v) is 2.86. The first kappa shape index (κ1) is 15.5. The van der Waals surface area contributed by atoms with E-state index in [2.05, 4.69) is 5.32 Å². The van der Waals surface area contributed by atoms with Gasteiger partial charge in [-0.15, -0.1) is 0 Å². The zero-order valence-corrected chi connectivity index (χ0v) is 11.9. The molecule has 0 radical (unpaired) electrons. The maximum Gasteiger partial charge on any atom is 0.306 e. The number of rotatable bonds is 6. The fraction of sp³-hybridized carbons (Fsp3) is 0.429. The number of carbonyl (C=O) groups is 2. The van der Waals surface area contributed by atoms with E-state index >= 15 is 0 Å². The van der Waals surface area contributed by atoms with Crippen LogP contribution in [-0.2, 0) is 14.3 Å². The summed E-state index contributed by atoms with van der Waals surface area (Å²) in [5.41, 5.74) is 0.967. The maximum absolute atomic E-state index is 11.7. The third kappa shape index (κ3) is 5.75. The van der Waals surface area contributed by atoms with Gasteiger partial charge in [0, 0.05) is 11.4 Å². The average molecular weight is 284 g/mol. The minimum Gasteiger partial charge on any atom is -0.466 e. The van der Waals surface area contributed by atoms with Gasteiger partial charge < -0.3 is 10.1 Å². The number of ether oxygens (including phenoxy) is 1. The fourth-order valence-corrected chi connectivity index (χ4v) is 1.72. The molecular formula is C14H18ClNO3. The number of esters is 1. The molecule has 5 heteroatoms. The zero-order valence-electron chi connectivity index (χ0n) is 11.1. The maximum atomic E-state index is 11.7. The largest absolute Gasteiger partial charge is 0.466 e. The summed E-state index contributed by atoms with van der Waals surface area (Å²) in [6, 6.07) is 7.15. The predicted molar refractivity (Wildman–Crippen MR) is 73.9 cm³/mol. The highest BCUT2D eigenvalue weighted by molar-refractivity contribution is 6.30. The van der Waals surface area contributed by atoms with Crippen LogP contribution in [0.25, 0.3) is 0 Å². The number of hydrogen-bond donors (Lipinski definition) is 1. The van der Waals surface area contributed by atoms with Crippen LogP contribution < -0.4 is 5.32 Å². The van der Waals surface area contributed by atoms with Crippen molar-refractivity contribution in [3.63, 3.8) is 0 Å². The molecule has 4 nitrogen and oxygen atoms in total. The molecule has 1 rings (SSSR count). The normalized spacial score (nSPS) is 11.7. The van der Waals surface area contributed by atoms with Gasteiger partial charge in [-0.25, -0.2) is 0 Å². The molecule has 0 saturated carbocycles. The van der Waals surface area contributed by atoms with Gasteiger partial charge in [-0.3, -0.25) is 9.59 Å². The van der Waals surface area contributed by atoms with Gasteiger partial charge in [0.1, 0.15) is 0 Å². The van der Waals surface area contributed by atoms with Crippen molar-refractivity contribution in [1.29, 1.82) is 0 Å². The second kappa shape index (κ2) is 7.79. The Balaban J connectivity index is 2.39. The highest BCUT2D eigenvalue weighted by Gasteiger charge is 2.11. The van der Waals surface area contributed by atoms with Gasteiger partial charge in [0.2, 0.25) is 5.91 Å². The Morgan fingerprint density at radius 3 is 2.47 bits per heavy atom. The lowest BCUT2D eigenvalue weighted by Crippen LogP contribution is -2.27. The van der Waals surface area contributed by atoms with E-state index in [1.807, 2.05) is 19.1 Å². The van der Waals surface area contributed by atoms with Crippen LogP contribution in [0.5, 0.6) is 0 Å². The van der Waals surface area contributed by atoms with Crippen LogP contribution in [0.3, 0.4) is 0 Å². The van der Waals surface area contributed by atoms with Gasteiger partial charge in [-0.2, -0.15) is 0 Å². The van der Waals surface area contributed by atoms with Crippen LogP contribution in [-0.4, -0.2) is 18.5 Å². The van der Waals surface area contributed by atoms with Gasteiger partial charge in [0.25, 0.3) is 0 Å². The summed E-state index contributed by atoms with van der Waals surface area (Å²) in [4.78, 5) is 22.8. The zero-order chi connectivity index (χ0) is 14.3. The molecule has 19 heavy (non-hydrogen) atoms. The summed E-state index contributed by atoms with van der Waals surface area (Å²) in [7, 11) is 0. The fourth-order valence-electron chi connectivity index (χ4n) is 1.60. The molecule has 0 aliphatic rings. The minimum atomic E-state index is -0.350. The number of benzene rings is 1. The summed E-state index contributed by atoms with van der Waals surface area (Å²) < 4.78 is 4.76. The Morgan fingerprint density at radius 2 is 1.89 bits per heavy atom. The molecule has 1 atom stereocenters. The predicted octanol–water partition coefficient (Wildman–Crippen LogP) is 2.86. The molecular weight excluding hydrogens is 266 g/mol. The first-order chi connectivity index (χ1) is 9.02. The van der Waals surface area contributed by atoms with E-state index in [1.54, 1.807) is 19.1 Å². The molecule has 1 aromatic rings. The molecule has 1 N–H and O–H groups in total. The first-order valence-corrected chi connectivity index (χ1v) is 6.61. The minimum absolute atomic E-state index is 0.104. The molecule has 0 aliphatic carbocycles. The third-order valence-electron chi connectivity index (χ3n) is 2.61. The van der Waals surface area contributed by atoms with E-state index in [0.29, 0.717) is 11.6 Å². The number of hydrogen-bond acceptors (Lipinski definition) is 3. The van der Waals surface area contributed by atoms with Crippen LogP contribution in [0.2, 0.25) is 5.02 Å². The molecule has 1 unspecified atom stereocenters. The first-order valence-electron chi connectivity index (χ1n) is 6.23. The quantitative estimate of drug-likeness (QED) is 0.817. The highest BCUT2D eigenvalue weighted by Crippen LogP contribution is 2.16. The van der Waals surface area contributed by atoms with Gasteiger partial charge in [0.15, 0.2) is 0 Å². The van der Waals surface area contributed by atoms with Gasteiger partial charge in [-0.1, -0.05) is 23.7 Å². The summed E-state index contributed by atoms with van der Waals surface area (Å²) >= 11 is 5.80. The molecule has 0 aliphatic heterocycles. The van der Waals surface area contributed by atoms with Crippen molar-refractivity contribution in [2.45, 2.75) is 32.7 Å². The van der Waals surface area contributed by atoms with Crippen molar-refractivity contribution in [3.05, 3.63) is 34.9 Å². The summed E-state index contributed by atoms with van der Waals surface area (Å²) in [5, 5.41) is 3.48. The number of nitrogens with one attached hydrogen (secondary N) is 1. The highest BCUT2D eigenvalue weighted by atomic mass is 35.5. The molecule has 0 spiro atoms. The monoisotopic (exact) mass is 283 g/mol. The average Bonchev–Trinajstić information content (AvgIpc) is 2.37. The van der Waals surface area contributed by atoms with Crippen LogP contribution >= 0.6 is 11.6 Å². The van der Waals surface area contributed by atoms with Crippen molar-refractivity contribution in [2.24, 2.45) is 0 Å². The Morgan fingerprint density at radius 1 is 1.26 bits per heavy atom. The molecule has 104 valence electrons. The molecule has 0 heterocycles. The van der Waals surface area contributed by atoms with Gasteiger partial charge >= 0.3 is 5.97 Å².